The van der Waals surface area contributed by atoms with Crippen LogP contribution in [0.2, 0.25) is 0 Å². The molecule has 25 heavy (non-hydrogen) atoms. The second-order valence-corrected chi connectivity index (χ2v) is 6.43. The number of fused-ring (bicyclic) bond motifs is 1. The Labute approximate surface area is 144 Å². The van der Waals surface area contributed by atoms with Gasteiger partial charge in [-0.3, -0.25) is 29.4 Å². The molecule has 132 valence electrons. The number of amides is 3. The van der Waals surface area contributed by atoms with Crippen LogP contribution >= 0.6 is 0 Å². The molecule has 0 radical (unpaired) electrons. The number of rotatable bonds is 5. The minimum atomic E-state index is -0.518. The van der Waals surface area contributed by atoms with Gasteiger partial charge in [-0.15, -0.1) is 0 Å². The summed E-state index contributed by atoms with van der Waals surface area (Å²) in [7, 11) is 0. The third kappa shape index (κ3) is 3.52. The van der Waals surface area contributed by atoms with Crippen molar-refractivity contribution < 1.29 is 19.3 Å². The zero-order valence-electron chi connectivity index (χ0n) is 13.6. The van der Waals surface area contributed by atoms with Gasteiger partial charge in [0.25, 0.3) is 5.69 Å². The molecule has 2 atom stereocenters. The number of nitro groups is 1. The average molecular weight is 345 g/mol. The summed E-state index contributed by atoms with van der Waals surface area (Å²) < 4.78 is 0. The first-order chi connectivity index (χ1) is 12.0. The number of nitrogens with zero attached hydrogens (tertiary/aromatic N) is 2. The fourth-order valence-electron chi connectivity index (χ4n) is 3.55. The van der Waals surface area contributed by atoms with Crippen molar-refractivity contribution in [1.82, 2.24) is 4.90 Å². The summed E-state index contributed by atoms with van der Waals surface area (Å²) in [5, 5.41) is 13.2. The zero-order valence-corrected chi connectivity index (χ0v) is 13.6. The van der Waals surface area contributed by atoms with Gasteiger partial charge in [-0.25, -0.2) is 0 Å². The Morgan fingerprint density at radius 2 is 1.68 bits per heavy atom. The number of imide groups is 1. The van der Waals surface area contributed by atoms with E-state index in [1.54, 1.807) is 0 Å². The number of non-ortho nitro benzene ring substituents is 1. The Balaban J connectivity index is 1.54. The van der Waals surface area contributed by atoms with Gasteiger partial charge < -0.3 is 5.32 Å². The van der Waals surface area contributed by atoms with Gasteiger partial charge in [0.05, 0.1) is 16.8 Å². The molecular formula is C17H19N3O5. The minimum Gasteiger partial charge on any atom is -0.326 e. The van der Waals surface area contributed by atoms with Crippen LogP contribution in [0.15, 0.2) is 24.3 Å². The predicted molar refractivity (Wildman–Crippen MR) is 88.5 cm³/mol. The van der Waals surface area contributed by atoms with E-state index in [0.717, 1.165) is 25.7 Å². The summed E-state index contributed by atoms with van der Waals surface area (Å²) in [6.45, 7) is 0.0729. The molecule has 0 unspecified atom stereocenters. The van der Waals surface area contributed by atoms with Gasteiger partial charge in [-0.1, -0.05) is 12.8 Å². The second kappa shape index (κ2) is 7.00. The fourth-order valence-corrected chi connectivity index (χ4v) is 3.55. The lowest BCUT2D eigenvalue weighted by Crippen LogP contribution is -2.34. The maximum atomic E-state index is 12.3. The summed E-state index contributed by atoms with van der Waals surface area (Å²) in [4.78, 5) is 48.0. The van der Waals surface area contributed by atoms with Gasteiger partial charge in [0, 0.05) is 30.8 Å². The lowest BCUT2D eigenvalue weighted by Gasteiger charge is -2.19. The predicted octanol–water partition coefficient (Wildman–Crippen LogP) is 2.10. The molecule has 0 aromatic heterocycles. The molecule has 8 nitrogen and oxygen atoms in total. The largest absolute Gasteiger partial charge is 0.326 e. The van der Waals surface area contributed by atoms with Crippen molar-refractivity contribution in [2.24, 2.45) is 11.8 Å². The molecule has 1 aliphatic carbocycles. The number of likely N-dealkylation sites (tertiary alicyclic amines) is 1. The molecule has 3 rings (SSSR count). The molecule has 2 fully saturated rings. The van der Waals surface area contributed by atoms with E-state index in [4.69, 9.17) is 0 Å². The highest BCUT2D eigenvalue weighted by molar-refractivity contribution is 6.05. The minimum absolute atomic E-state index is 0.00784. The highest BCUT2D eigenvalue weighted by Gasteiger charge is 2.47. The van der Waals surface area contributed by atoms with E-state index in [1.165, 1.54) is 29.2 Å². The third-order valence-corrected chi connectivity index (χ3v) is 4.86. The van der Waals surface area contributed by atoms with Crippen molar-refractivity contribution in [3.05, 3.63) is 34.4 Å². The molecule has 1 saturated heterocycles. The van der Waals surface area contributed by atoms with Crippen molar-refractivity contribution in [3.8, 4) is 0 Å². The third-order valence-electron chi connectivity index (χ3n) is 4.86. The van der Waals surface area contributed by atoms with E-state index in [9.17, 15) is 24.5 Å². The van der Waals surface area contributed by atoms with E-state index < -0.39 is 4.92 Å². The summed E-state index contributed by atoms with van der Waals surface area (Å²) in [5.74, 6) is -1.07. The van der Waals surface area contributed by atoms with E-state index in [0.29, 0.717) is 5.69 Å². The van der Waals surface area contributed by atoms with Crippen LogP contribution in [0.4, 0.5) is 11.4 Å². The second-order valence-electron chi connectivity index (χ2n) is 6.43. The molecule has 1 aromatic rings. The van der Waals surface area contributed by atoms with E-state index in [1.807, 2.05) is 0 Å². The average Bonchev–Trinajstić information content (AvgIpc) is 2.85. The maximum Gasteiger partial charge on any atom is 0.269 e. The smallest absolute Gasteiger partial charge is 0.269 e. The number of nitro benzene ring substituents is 1. The lowest BCUT2D eigenvalue weighted by molar-refractivity contribution is -0.384. The molecule has 1 saturated carbocycles. The summed E-state index contributed by atoms with van der Waals surface area (Å²) in [5.41, 5.74) is 0.372. The van der Waals surface area contributed by atoms with E-state index in [-0.39, 0.29) is 48.2 Å². The van der Waals surface area contributed by atoms with Gasteiger partial charge >= 0.3 is 0 Å². The number of carbonyl (C=O) groups excluding carboxylic acids is 3. The van der Waals surface area contributed by atoms with E-state index >= 15 is 0 Å². The van der Waals surface area contributed by atoms with Gasteiger partial charge in [0.15, 0.2) is 0 Å². The standard InChI is InChI=1S/C17H19N3O5/c21-15(18-11-5-7-12(8-6-11)20(24)25)9-10-19-16(22)13-3-1-2-4-14(13)17(19)23/h5-8,13-14H,1-4,9-10H2,(H,18,21)/t13-,14+. The zero-order chi connectivity index (χ0) is 18.0. The first-order valence-corrected chi connectivity index (χ1v) is 8.37. The molecular weight excluding hydrogens is 326 g/mol. The highest BCUT2D eigenvalue weighted by atomic mass is 16.6. The Bertz CT molecular complexity index is 691. The molecule has 0 bridgehead atoms. The molecule has 1 aliphatic heterocycles. The van der Waals surface area contributed by atoms with Crippen LogP contribution < -0.4 is 5.32 Å². The highest BCUT2D eigenvalue weighted by Crippen LogP contribution is 2.37. The SMILES string of the molecule is O=C(CCN1C(=O)[C@H]2CCCC[C@H]2C1=O)Nc1ccc([N+](=O)[O-])cc1. The van der Waals surface area contributed by atoms with Crippen LogP contribution in [-0.4, -0.2) is 34.1 Å². The van der Waals surface area contributed by atoms with Crippen molar-refractivity contribution in [2.45, 2.75) is 32.1 Å². The van der Waals surface area contributed by atoms with Crippen molar-refractivity contribution in [2.75, 3.05) is 11.9 Å². The van der Waals surface area contributed by atoms with E-state index in [2.05, 4.69) is 5.32 Å². The summed E-state index contributed by atoms with van der Waals surface area (Å²) in [6, 6.07) is 5.48. The number of hydrogen-bond acceptors (Lipinski definition) is 5. The Hall–Kier alpha value is -2.77. The topological polar surface area (TPSA) is 110 Å². The van der Waals surface area contributed by atoms with Crippen LogP contribution in [0.25, 0.3) is 0 Å². The van der Waals surface area contributed by atoms with Crippen LogP contribution in [0, 0.1) is 22.0 Å². The monoisotopic (exact) mass is 345 g/mol. The molecule has 1 aromatic carbocycles. The molecule has 0 spiro atoms. The van der Waals surface area contributed by atoms with Crippen molar-refractivity contribution in [1.29, 1.82) is 0 Å². The molecule has 1 N–H and O–H groups in total. The maximum absolute atomic E-state index is 12.3. The van der Waals surface area contributed by atoms with Crippen LogP contribution in [-0.2, 0) is 14.4 Å². The normalized spacial score (nSPS) is 22.6. The quantitative estimate of drug-likeness (QED) is 0.499. The van der Waals surface area contributed by atoms with Crippen molar-refractivity contribution in [3.63, 3.8) is 0 Å². The first-order valence-electron chi connectivity index (χ1n) is 8.37. The van der Waals surface area contributed by atoms with Crippen LogP contribution in [0.3, 0.4) is 0 Å². The van der Waals surface area contributed by atoms with Gasteiger partial charge in [-0.2, -0.15) is 0 Å². The van der Waals surface area contributed by atoms with Crippen molar-refractivity contribution >= 4 is 29.1 Å². The van der Waals surface area contributed by atoms with Crippen LogP contribution in [0.5, 0.6) is 0 Å². The van der Waals surface area contributed by atoms with Gasteiger partial charge in [0.1, 0.15) is 0 Å². The Morgan fingerprint density at radius 1 is 1.12 bits per heavy atom. The number of benzene rings is 1. The number of hydrogen-bond donors (Lipinski definition) is 1. The molecule has 1 heterocycles. The number of anilines is 1. The molecule has 3 amide bonds. The number of nitrogens with one attached hydrogen (secondary N) is 1. The Morgan fingerprint density at radius 3 is 2.20 bits per heavy atom. The van der Waals surface area contributed by atoms with Gasteiger partial charge in [-0.05, 0) is 25.0 Å². The molecule has 2 aliphatic rings. The number of carbonyl (C=O) groups is 3. The summed E-state index contributed by atoms with van der Waals surface area (Å²) >= 11 is 0. The van der Waals surface area contributed by atoms with Gasteiger partial charge in [0.2, 0.25) is 17.7 Å². The molecule has 8 heteroatoms. The first kappa shape index (κ1) is 17.1. The van der Waals surface area contributed by atoms with Crippen LogP contribution in [0.1, 0.15) is 32.1 Å². The fraction of sp³-hybridized carbons (Fsp3) is 0.471. The Kier molecular flexibility index (Phi) is 4.78. The summed E-state index contributed by atoms with van der Waals surface area (Å²) in [6.07, 6.45) is 3.44. The lowest BCUT2D eigenvalue weighted by atomic mass is 9.81.